The minimum atomic E-state index is 0.127. The molecule has 2 heteroatoms. The highest BCUT2D eigenvalue weighted by Crippen LogP contribution is 2.30. The molecule has 0 aliphatic rings. The predicted molar refractivity (Wildman–Crippen MR) is 110 cm³/mol. The van der Waals surface area contributed by atoms with Crippen LogP contribution in [0.2, 0.25) is 0 Å². The second-order valence-electron chi connectivity index (χ2n) is 6.50. The maximum Gasteiger partial charge on any atom is 0.186 e. The second kappa shape index (κ2) is 7.33. The SMILES string of the molecule is Cc1cc(C)c(C(=O)Pc2ccccc2-c2ccccc2)c(C)c1C. The Morgan fingerprint density at radius 3 is 2.12 bits per heavy atom. The molecule has 0 aliphatic carbocycles. The summed E-state index contributed by atoms with van der Waals surface area (Å²) in [6, 6.07) is 20.6. The topological polar surface area (TPSA) is 17.1 Å². The Balaban J connectivity index is 2.00. The van der Waals surface area contributed by atoms with E-state index >= 15 is 0 Å². The highest BCUT2D eigenvalue weighted by atomic mass is 31.1. The van der Waals surface area contributed by atoms with Crippen molar-refractivity contribution >= 4 is 19.4 Å². The van der Waals surface area contributed by atoms with E-state index in [-0.39, 0.29) is 14.1 Å². The van der Waals surface area contributed by atoms with Crippen molar-refractivity contribution in [2.45, 2.75) is 27.7 Å². The zero-order valence-corrected chi connectivity index (χ0v) is 16.2. The summed E-state index contributed by atoms with van der Waals surface area (Å²) in [6.07, 6.45) is 0. The van der Waals surface area contributed by atoms with Crippen molar-refractivity contribution in [3.8, 4) is 11.1 Å². The summed E-state index contributed by atoms with van der Waals surface area (Å²) in [5.74, 6) is 0. The van der Waals surface area contributed by atoms with Crippen LogP contribution in [0, 0.1) is 27.7 Å². The molecule has 0 bridgehead atoms. The molecule has 0 saturated heterocycles. The van der Waals surface area contributed by atoms with E-state index in [1.54, 1.807) is 0 Å². The third-order valence-corrected chi connectivity index (χ3v) is 6.03. The molecule has 1 nitrogen and oxygen atoms in total. The van der Waals surface area contributed by atoms with E-state index in [1.807, 2.05) is 37.3 Å². The van der Waals surface area contributed by atoms with Crippen LogP contribution in [-0.4, -0.2) is 5.52 Å². The molecule has 1 unspecified atom stereocenters. The van der Waals surface area contributed by atoms with E-state index in [0.29, 0.717) is 0 Å². The van der Waals surface area contributed by atoms with Crippen LogP contribution in [0.15, 0.2) is 60.7 Å². The van der Waals surface area contributed by atoms with Crippen molar-refractivity contribution in [3.63, 3.8) is 0 Å². The van der Waals surface area contributed by atoms with Crippen LogP contribution in [-0.2, 0) is 0 Å². The van der Waals surface area contributed by atoms with E-state index < -0.39 is 0 Å². The van der Waals surface area contributed by atoms with Crippen LogP contribution in [0.1, 0.15) is 32.6 Å². The number of hydrogen-bond acceptors (Lipinski definition) is 1. The smallest absolute Gasteiger partial charge is 0.186 e. The van der Waals surface area contributed by atoms with Crippen molar-refractivity contribution in [2.24, 2.45) is 0 Å². The van der Waals surface area contributed by atoms with E-state index in [1.165, 1.54) is 11.1 Å². The van der Waals surface area contributed by atoms with Gasteiger partial charge in [0.2, 0.25) is 0 Å². The van der Waals surface area contributed by atoms with Gasteiger partial charge in [-0.2, -0.15) is 0 Å². The largest absolute Gasteiger partial charge is 0.289 e. The monoisotopic (exact) mass is 346 g/mol. The fourth-order valence-electron chi connectivity index (χ4n) is 3.28. The lowest BCUT2D eigenvalue weighted by molar-refractivity contribution is 0.108. The highest BCUT2D eigenvalue weighted by molar-refractivity contribution is 7.66. The molecule has 0 N–H and O–H groups in total. The summed E-state index contributed by atoms with van der Waals surface area (Å²) in [7, 11) is 0.127. The quantitative estimate of drug-likeness (QED) is 0.551. The normalized spacial score (nSPS) is 11.2. The second-order valence-corrected chi connectivity index (χ2v) is 7.74. The van der Waals surface area contributed by atoms with Crippen molar-refractivity contribution in [3.05, 3.63) is 88.5 Å². The van der Waals surface area contributed by atoms with Crippen LogP contribution in [0.4, 0.5) is 0 Å². The Hall–Kier alpha value is -2.24. The molecule has 0 saturated carbocycles. The number of carbonyl (C=O) groups excluding carboxylic acids is 1. The molecule has 0 radical (unpaired) electrons. The van der Waals surface area contributed by atoms with Crippen molar-refractivity contribution in [2.75, 3.05) is 0 Å². The molecule has 0 spiro atoms. The van der Waals surface area contributed by atoms with E-state index in [2.05, 4.69) is 51.1 Å². The van der Waals surface area contributed by atoms with Gasteiger partial charge < -0.3 is 0 Å². The fraction of sp³-hybridized carbons (Fsp3) is 0.174. The van der Waals surface area contributed by atoms with Crippen LogP contribution >= 0.6 is 8.58 Å². The molecule has 0 heterocycles. The van der Waals surface area contributed by atoms with Gasteiger partial charge in [-0.25, -0.2) is 0 Å². The molecule has 3 aromatic rings. The molecule has 0 aromatic heterocycles. The summed E-state index contributed by atoms with van der Waals surface area (Å²) in [4.78, 5) is 13.1. The van der Waals surface area contributed by atoms with Crippen molar-refractivity contribution in [1.82, 2.24) is 0 Å². The standard InChI is InChI=1S/C23H23OP/c1-15-14-16(2)22(18(4)17(15)3)23(24)25-21-13-9-8-12-20(21)19-10-6-5-7-11-19/h5-14,25H,1-4H3. The molecule has 1 atom stereocenters. The summed E-state index contributed by atoms with van der Waals surface area (Å²) < 4.78 is 0. The van der Waals surface area contributed by atoms with Gasteiger partial charge in [-0.1, -0.05) is 60.7 Å². The van der Waals surface area contributed by atoms with Crippen LogP contribution in [0.3, 0.4) is 0 Å². The van der Waals surface area contributed by atoms with Gasteiger partial charge in [0.1, 0.15) is 0 Å². The molecule has 3 aromatic carbocycles. The zero-order chi connectivity index (χ0) is 18.0. The van der Waals surface area contributed by atoms with Crippen molar-refractivity contribution < 1.29 is 4.79 Å². The van der Waals surface area contributed by atoms with Crippen LogP contribution < -0.4 is 5.30 Å². The maximum atomic E-state index is 13.1. The first-order chi connectivity index (χ1) is 12.0. The van der Waals surface area contributed by atoms with Gasteiger partial charge in [0, 0.05) is 5.56 Å². The van der Waals surface area contributed by atoms with Crippen LogP contribution in [0.25, 0.3) is 11.1 Å². The fourth-order valence-corrected chi connectivity index (χ4v) is 4.58. The Bertz CT molecular complexity index is 926. The number of benzene rings is 3. The minimum Gasteiger partial charge on any atom is -0.289 e. The maximum absolute atomic E-state index is 13.1. The highest BCUT2D eigenvalue weighted by Gasteiger charge is 2.17. The first-order valence-electron chi connectivity index (χ1n) is 8.52. The van der Waals surface area contributed by atoms with Gasteiger partial charge in [-0.05, 0) is 75.0 Å². The average molecular weight is 346 g/mol. The first-order valence-corrected chi connectivity index (χ1v) is 9.52. The molecule has 25 heavy (non-hydrogen) atoms. The summed E-state index contributed by atoms with van der Waals surface area (Å²) in [5.41, 5.74) is 8.09. The minimum absolute atomic E-state index is 0.127. The van der Waals surface area contributed by atoms with Gasteiger partial charge in [0.15, 0.2) is 5.52 Å². The lowest BCUT2D eigenvalue weighted by atomic mass is 9.95. The Morgan fingerprint density at radius 2 is 1.40 bits per heavy atom. The molecule has 126 valence electrons. The third kappa shape index (κ3) is 3.57. The van der Waals surface area contributed by atoms with Crippen molar-refractivity contribution in [1.29, 1.82) is 0 Å². The van der Waals surface area contributed by atoms with E-state index in [0.717, 1.165) is 33.1 Å². The van der Waals surface area contributed by atoms with Gasteiger partial charge >= 0.3 is 0 Å². The molecular formula is C23H23OP. The summed E-state index contributed by atoms with van der Waals surface area (Å²) in [6.45, 7) is 8.31. The molecule has 0 aliphatic heterocycles. The lowest BCUT2D eigenvalue weighted by Gasteiger charge is -2.15. The zero-order valence-electron chi connectivity index (χ0n) is 15.2. The predicted octanol–water partition coefficient (Wildman–Crippen LogP) is 5.73. The van der Waals surface area contributed by atoms with E-state index in [9.17, 15) is 4.79 Å². The lowest BCUT2D eigenvalue weighted by Crippen LogP contribution is -2.08. The summed E-state index contributed by atoms with van der Waals surface area (Å²) in [5, 5.41) is 1.11. The molecular weight excluding hydrogens is 323 g/mol. The first kappa shape index (κ1) is 17.6. The Labute approximate surface area is 151 Å². The van der Waals surface area contributed by atoms with Gasteiger partial charge in [-0.3, -0.25) is 4.79 Å². The Morgan fingerprint density at radius 1 is 0.760 bits per heavy atom. The third-order valence-electron chi connectivity index (χ3n) is 4.84. The number of hydrogen-bond donors (Lipinski definition) is 0. The molecule has 3 rings (SSSR count). The number of rotatable bonds is 4. The van der Waals surface area contributed by atoms with E-state index in [4.69, 9.17) is 0 Å². The van der Waals surface area contributed by atoms with Gasteiger partial charge in [0.25, 0.3) is 0 Å². The molecule has 0 amide bonds. The van der Waals surface area contributed by atoms with Crippen LogP contribution in [0.5, 0.6) is 0 Å². The molecule has 0 fully saturated rings. The average Bonchev–Trinajstić information content (AvgIpc) is 2.61. The van der Waals surface area contributed by atoms with Gasteiger partial charge in [0.05, 0.1) is 0 Å². The van der Waals surface area contributed by atoms with Gasteiger partial charge in [-0.15, -0.1) is 0 Å². The summed E-state index contributed by atoms with van der Waals surface area (Å²) >= 11 is 0. The Kier molecular flexibility index (Phi) is 5.16. The number of aryl methyl sites for hydroxylation is 2. The number of carbonyl (C=O) groups is 1.